The van der Waals surface area contributed by atoms with Gasteiger partial charge in [-0.2, -0.15) is 5.10 Å². The molecule has 128 valence electrons. The third kappa shape index (κ3) is 4.68. The fraction of sp³-hybridized carbons (Fsp3) is 0.500. The number of pyridine rings is 1. The molecule has 1 saturated heterocycles. The number of rotatable bonds is 7. The number of aryl methyl sites for hydroxylation is 1. The second-order valence-electron chi connectivity index (χ2n) is 5.86. The van der Waals surface area contributed by atoms with Gasteiger partial charge in [0, 0.05) is 38.8 Å². The Bertz CT molecular complexity index is 638. The van der Waals surface area contributed by atoms with Crippen LogP contribution in [0.5, 0.6) is 0 Å². The summed E-state index contributed by atoms with van der Waals surface area (Å²) in [6.07, 6.45) is 7.32. The van der Waals surface area contributed by atoms with Crippen LogP contribution in [0.15, 0.2) is 24.7 Å². The molecule has 24 heavy (non-hydrogen) atoms. The van der Waals surface area contributed by atoms with Gasteiger partial charge in [0.1, 0.15) is 18.0 Å². The molecule has 1 fully saturated rings. The highest BCUT2D eigenvalue weighted by Crippen LogP contribution is 2.18. The Kier molecular flexibility index (Phi) is 5.60. The maximum absolute atomic E-state index is 11.8. The predicted molar refractivity (Wildman–Crippen MR) is 90.6 cm³/mol. The molecule has 1 aliphatic rings. The van der Waals surface area contributed by atoms with E-state index in [9.17, 15) is 4.79 Å². The minimum atomic E-state index is -0.160. The average molecular weight is 329 g/mol. The van der Waals surface area contributed by atoms with Crippen LogP contribution in [-0.2, 0) is 13.0 Å². The Morgan fingerprint density at radius 2 is 2.12 bits per heavy atom. The van der Waals surface area contributed by atoms with E-state index in [4.69, 9.17) is 0 Å². The van der Waals surface area contributed by atoms with Crippen LogP contribution in [0.3, 0.4) is 0 Å². The van der Waals surface area contributed by atoms with Crippen molar-refractivity contribution < 1.29 is 4.79 Å². The molecule has 3 rings (SSSR count). The lowest BCUT2D eigenvalue weighted by molar-refractivity contribution is 0.240. The molecule has 8 heteroatoms. The first-order chi connectivity index (χ1) is 11.8. The van der Waals surface area contributed by atoms with Crippen molar-refractivity contribution in [1.82, 2.24) is 30.8 Å². The van der Waals surface area contributed by atoms with Gasteiger partial charge in [-0.15, -0.1) is 0 Å². The third-order valence-corrected chi connectivity index (χ3v) is 4.03. The van der Waals surface area contributed by atoms with E-state index in [1.807, 2.05) is 6.07 Å². The van der Waals surface area contributed by atoms with Gasteiger partial charge in [0.2, 0.25) is 0 Å². The van der Waals surface area contributed by atoms with E-state index < -0.39 is 0 Å². The Balaban J connectivity index is 1.37. The van der Waals surface area contributed by atoms with Crippen LogP contribution in [0.1, 0.15) is 30.7 Å². The number of urea groups is 1. The van der Waals surface area contributed by atoms with E-state index in [1.54, 1.807) is 6.20 Å². The fourth-order valence-electron chi connectivity index (χ4n) is 2.74. The summed E-state index contributed by atoms with van der Waals surface area (Å²) in [5.41, 5.74) is 1.06. The molecule has 0 unspecified atom stereocenters. The number of amides is 2. The number of aromatic amines is 1. The number of anilines is 1. The first kappa shape index (κ1) is 16.2. The maximum atomic E-state index is 11.8. The van der Waals surface area contributed by atoms with E-state index in [0.29, 0.717) is 13.1 Å². The van der Waals surface area contributed by atoms with Gasteiger partial charge in [-0.25, -0.2) is 14.8 Å². The van der Waals surface area contributed by atoms with Gasteiger partial charge in [0.25, 0.3) is 0 Å². The van der Waals surface area contributed by atoms with Crippen molar-refractivity contribution in [2.75, 3.05) is 24.5 Å². The second kappa shape index (κ2) is 8.28. The molecule has 2 aromatic rings. The lowest BCUT2D eigenvalue weighted by atomic mass is 10.2. The number of hydrogen-bond acceptors (Lipinski definition) is 5. The van der Waals surface area contributed by atoms with E-state index in [0.717, 1.165) is 43.1 Å². The zero-order valence-electron chi connectivity index (χ0n) is 13.7. The minimum Gasteiger partial charge on any atom is -0.357 e. The standard InChI is InChI=1S/C16H23N7O/c24-16(18-6-3-4-14-20-12-21-22-14)19-11-13-5-7-17-15(10-13)23-8-1-2-9-23/h5,7,10,12H,1-4,6,8-9,11H2,(H2,18,19,24)(H,20,21,22). The predicted octanol–water partition coefficient (Wildman–Crippen LogP) is 1.23. The highest BCUT2D eigenvalue weighted by molar-refractivity contribution is 5.73. The van der Waals surface area contributed by atoms with Crippen molar-refractivity contribution in [2.45, 2.75) is 32.2 Å². The SMILES string of the molecule is O=C(NCCCc1ncn[nH]1)NCc1ccnc(N2CCCC2)c1. The molecular formula is C16H23N7O. The summed E-state index contributed by atoms with van der Waals surface area (Å²) < 4.78 is 0. The summed E-state index contributed by atoms with van der Waals surface area (Å²) in [6, 6.07) is 3.83. The Hall–Kier alpha value is -2.64. The molecular weight excluding hydrogens is 306 g/mol. The third-order valence-electron chi connectivity index (χ3n) is 4.03. The molecule has 8 nitrogen and oxygen atoms in total. The lowest BCUT2D eigenvalue weighted by Gasteiger charge is -2.17. The van der Waals surface area contributed by atoms with Gasteiger partial charge >= 0.3 is 6.03 Å². The zero-order chi connectivity index (χ0) is 16.6. The van der Waals surface area contributed by atoms with Crippen LogP contribution < -0.4 is 15.5 Å². The van der Waals surface area contributed by atoms with Crippen molar-refractivity contribution in [3.63, 3.8) is 0 Å². The van der Waals surface area contributed by atoms with E-state index >= 15 is 0 Å². The topological polar surface area (TPSA) is 98.8 Å². The van der Waals surface area contributed by atoms with Crippen LogP contribution in [0.4, 0.5) is 10.6 Å². The maximum Gasteiger partial charge on any atom is 0.315 e. The fourth-order valence-corrected chi connectivity index (χ4v) is 2.74. The van der Waals surface area contributed by atoms with Gasteiger partial charge in [0.15, 0.2) is 0 Å². The molecule has 0 radical (unpaired) electrons. The van der Waals surface area contributed by atoms with Gasteiger partial charge in [-0.3, -0.25) is 5.10 Å². The monoisotopic (exact) mass is 329 g/mol. The van der Waals surface area contributed by atoms with Crippen LogP contribution in [0.25, 0.3) is 0 Å². The Morgan fingerprint density at radius 1 is 1.25 bits per heavy atom. The smallest absolute Gasteiger partial charge is 0.315 e. The van der Waals surface area contributed by atoms with Crippen molar-refractivity contribution in [3.05, 3.63) is 36.0 Å². The van der Waals surface area contributed by atoms with Crippen molar-refractivity contribution in [2.24, 2.45) is 0 Å². The number of nitrogens with zero attached hydrogens (tertiary/aromatic N) is 4. The van der Waals surface area contributed by atoms with Crippen LogP contribution in [0.2, 0.25) is 0 Å². The Morgan fingerprint density at radius 3 is 2.92 bits per heavy atom. The van der Waals surface area contributed by atoms with Gasteiger partial charge < -0.3 is 15.5 Å². The molecule has 0 atom stereocenters. The van der Waals surface area contributed by atoms with Crippen LogP contribution in [-0.4, -0.2) is 45.8 Å². The summed E-state index contributed by atoms with van der Waals surface area (Å²) in [7, 11) is 0. The van der Waals surface area contributed by atoms with Gasteiger partial charge in [-0.1, -0.05) is 0 Å². The largest absolute Gasteiger partial charge is 0.357 e. The lowest BCUT2D eigenvalue weighted by Crippen LogP contribution is -2.35. The molecule has 1 aliphatic heterocycles. The molecule has 2 aromatic heterocycles. The molecule has 0 saturated carbocycles. The van der Waals surface area contributed by atoms with Crippen molar-refractivity contribution in [3.8, 4) is 0 Å². The number of carbonyl (C=O) groups excluding carboxylic acids is 1. The average Bonchev–Trinajstić information content (AvgIpc) is 3.30. The number of aromatic nitrogens is 4. The van der Waals surface area contributed by atoms with Crippen LogP contribution in [0, 0.1) is 0 Å². The first-order valence-electron chi connectivity index (χ1n) is 8.37. The van der Waals surface area contributed by atoms with E-state index in [-0.39, 0.29) is 6.03 Å². The van der Waals surface area contributed by atoms with Crippen LogP contribution >= 0.6 is 0 Å². The Labute approximate surface area is 141 Å². The zero-order valence-corrected chi connectivity index (χ0v) is 13.7. The number of H-pyrrole nitrogens is 1. The normalized spacial score (nSPS) is 13.9. The molecule has 0 spiro atoms. The second-order valence-corrected chi connectivity index (χ2v) is 5.86. The number of nitrogens with one attached hydrogen (secondary N) is 3. The molecule has 0 aromatic carbocycles. The van der Waals surface area contributed by atoms with E-state index in [1.165, 1.54) is 19.2 Å². The summed E-state index contributed by atoms with van der Waals surface area (Å²) >= 11 is 0. The summed E-state index contributed by atoms with van der Waals surface area (Å²) in [6.45, 7) is 3.23. The minimum absolute atomic E-state index is 0.160. The highest BCUT2D eigenvalue weighted by Gasteiger charge is 2.13. The van der Waals surface area contributed by atoms with Crippen molar-refractivity contribution >= 4 is 11.8 Å². The first-order valence-corrected chi connectivity index (χ1v) is 8.37. The molecule has 2 amide bonds. The van der Waals surface area contributed by atoms with Gasteiger partial charge in [-0.05, 0) is 37.0 Å². The van der Waals surface area contributed by atoms with E-state index in [2.05, 4.69) is 41.8 Å². The summed E-state index contributed by atoms with van der Waals surface area (Å²) in [4.78, 5) is 22.6. The highest BCUT2D eigenvalue weighted by atomic mass is 16.2. The van der Waals surface area contributed by atoms with Crippen molar-refractivity contribution in [1.29, 1.82) is 0 Å². The molecule has 0 aliphatic carbocycles. The molecule has 3 N–H and O–H groups in total. The van der Waals surface area contributed by atoms with Gasteiger partial charge in [0.05, 0.1) is 0 Å². The number of hydrogen-bond donors (Lipinski definition) is 3. The summed E-state index contributed by atoms with van der Waals surface area (Å²) in [5, 5.41) is 12.3. The number of carbonyl (C=O) groups is 1. The quantitative estimate of drug-likeness (QED) is 0.664. The molecule has 0 bridgehead atoms. The molecule has 3 heterocycles. The summed E-state index contributed by atoms with van der Waals surface area (Å²) in [5.74, 6) is 1.84.